The maximum atomic E-state index is 13.1. The van der Waals surface area contributed by atoms with Gasteiger partial charge in [-0.3, -0.25) is 0 Å². The van der Waals surface area contributed by atoms with E-state index < -0.39 is 0 Å². The number of hydrogen-bond acceptors (Lipinski definition) is 4. The van der Waals surface area contributed by atoms with E-state index in [2.05, 4.69) is 15.5 Å². The topological polar surface area (TPSA) is 51.0 Å². The molecule has 0 unspecified atom stereocenters. The molecule has 4 nitrogen and oxygen atoms in total. The molecule has 5 heteroatoms. The van der Waals surface area contributed by atoms with Gasteiger partial charge >= 0.3 is 0 Å². The first kappa shape index (κ1) is 13.3. The van der Waals surface area contributed by atoms with Crippen LogP contribution in [-0.2, 0) is 6.54 Å². The van der Waals surface area contributed by atoms with Crippen LogP contribution in [0.1, 0.15) is 11.5 Å². The number of benzene rings is 2. The van der Waals surface area contributed by atoms with Gasteiger partial charge in [0.25, 0.3) is 0 Å². The van der Waals surface area contributed by atoms with Crippen molar-refractivity contribution in [1.29, 1.82) is 0 Å². The highest BCUT2D eigenvalue weighted by Crippen LogP contribution is 2.21. The lowest BCUT2D eigenvalue weighted by Crippen LogP contribution is -1.99. The number of aromatic nitrogens is 2. The summed E-state index contributed by atoms with van der Waals surface area (Å²) < 4.78 is 18.3. The van der Waals surface area contributed by atoms with Gasteiger partial charge in [-0.25, -0.2) is 4.39 Å². The van der Waals surface area contributed by atoms with E-state index in [4.69, 9.17) is 4.52 Å². The quantitative estimate of drug-likeness (QED) is 0.791. The average Bonchev–Trinajstić information content (AvgIpc) is 2.95. The second-order valence-corrected chi connectivity index (χ2v) is 4.69. The molecule has 0 aliphatic carbocycles. The monoisotopic (exact) mass is 283 g/mol. The Bertz CT molecular complexity index is 740. The Hall–Kier alpha value is -2.69. The summed E-state index contributed by atoms with van der Waals surface area (Å²) in [5, 5.41) is 7.13. The fourth-order valence-electron chi connectivity index (χ4n) is 2.05. The molecule has 0 atom stereocenters. The fourth-order valence-corrected chi connectivity index (χ4v) is 2.05. The molecule has 0 amide bonds. The molecule has 2 aromatic carbocycles. The highest BCUT2D eigenvalue weighted by atomic mass is 19.1. The van der Waals surface area contributed by atoms with Crippen LogP contribution in [0.5, 0.6) is 0 Å². The number of anilines is 1. The number of hydrogen-bond donors (Lipinski definition) is 1. The molecule has 0 spiro atoms. The minimum Gasteiger partial charge on any atom is -0.376 e. The fraction of sp³-hybridized carbons (Fsp3) is 0.125. The van der Waals surface area contributed by atoms with Gasteiger partial charge in [0.1, 0.15) is 5.82 Å². The summed E-state index contributed by atoms with van der Waals surface area (Å²) in [5.41, 5.74) is 2.53. The highest BCUT2D eigenvalue weighted by Gasteiger charge is 2.11. The Morgan fingerprint density at radius 3 is 2.71 bits per heavy atom. The molecule has 0 saturated heterocycles. The van der Waals surface area contributed by atoms with Crippen LogP contribution < -0.4 is 5.32 Å². The van der Waals surface area contributed by atoms with Crippen molar-refractivity contribution >= 4 is 5.69 Å². The van der Waals surface area contributed by atoms with Gasteiger partial charge in [0.2, 0.25) is 11.7 Å². The molecule has 0 fully saturated rings. The molecular weight excluding hydrogens is 269 g/mol. The number of nitrogens with one attached hydrogen (secondary N) is 1. The Kier molecular flexibility index (Phi) is 3.64. The van der Waals surface area contributed by atoms with Crippen LogP contribution in [0.3, 0.4) is 0 Å². The lowest BCUT2D eigenvalue weighted by atomic mass is 10.1. The van der Waals surface area contributed by atoms with Gasteiger partial charge in [-0.1, -0.05) is 23.4 Å². The zero-order chi connectivity index (χ0) is 14.7. The van der Waals surface area contributed by atoms with Gasteiger partial charge < -0.3 is 9.84 Å². The molecule has 1 heterocycles. The van der Waals surface area contributed by atoms with E-state index >= 15 is 0 Å². The van der Waals surface area contributed by atoms with Gasteiger partial charge in [-0.05, 0) is 42.8 Å². The first-order chi connectivity index (χ1) is 10.2. The van der Waals surface area contributed by atoms with Gasteiger partial charge in [0.15, 0.2) is 0 Å². The SMILES string of the molecule is Cc1cc(F)ccc1-c1noc(CNc2ccccc2)n1. The number of halogens is 1. The molecule has 0 radical (unpaired) electrons. The first-order valence-electron chi connectivity index (χ1n) is 6.60. The maximum absolute atomic E-state index is 13.1. The van der Waals surface area contributed by atoms with Crippen molar-refractivity contribution in [3.63, 3.8) is 0 Å². The van der Waals surface area contributed by atoms with E-state index in [-0.39, 0.29) is 5.82 Å². The van der Waals surface area contributed by atoms with Crippen LogP contribution in [0, 0.1) is 12.7 Å². The second kappa shape index (κ2) is 5.75. The van der Waals surface area contributed by atoms with Crippen LogP contribution >= 0.6 is 0 Å². The summed E-state index contributed by atoms with van der Waals surface area (Å²) in [5.74, 6) is 0.681. The molecule has 21 heavy (non-hydrogen) atoms. The first-order valence-corrected chi connectivity index (χ1v) is 6.60. The van der Waals surface area contributed by atoms with E-state index in [0.29, 0.717) is 18.3 Å². The molecule has 0 saturated carbocycles. The van der Waals surface area contributed by atoms with Crippen molar-refractivity contribution < 1.29 is 8.91 Å². The minimum atomic E-state index is -0.272. The lowest BCUT2D eigenvalue weighted by molar-refractivity contribution is 0.384. The van der Waals surface area contributed by atoms with E-state index in [1.807, 2.05) is 37.3 Å². The molecule has 1 N–H and O–H groups in total. The molecule has 3 aromatic rings. The van der Waals surface area contributed by atoms with Gasteiger partial charge in [0.05, 0.1) is 6.54 Å². The third kappa shape index (κ3) is 3.08. The Labute approximate surface area is 121 Å². The maximum Gasteiger partial charge on any atom is 0.246 e. The number of aryl methyl sites for hydroxylation is 1. The standard InChI is InChI=1S/C16H14FN3O/c1-11-9-12(17)7-8-14(11)16-19-15(21-20-16)10-18-13-5-3-2-4-6-13/h2-9,18H,10H2,1H3. The Morgan fingerprint density at radius 2 is 1.95 bits per heavy atom. The molecule has 3 rings (SSSR count). The summed E-state index contributed by atoms with van der Waals surface area (Å²) in [4.78, 5) is 4.32. The molecule has 0 bridgehead atoms. The summed E-state index contributed by atoms with van der Waals surface area (Å²) >= 11 is 0. The summed E-state index contributed by atoms with van der Waals surface area (Å²) in [6.07, 6.45) is 0. The van der Waals surface area contributed by atoms with Crippen molar-refractivity contribution in [3.05, 3.63) is 65.8 Å². The number of rotatable bonds is 4. The van der Waals surface area contributed by atoms with Gasteiger partial charge in [0, 0.05) is 11.3 Å². The molecule has 106 valence electrons. The van der Waals surface area contributed by atoms with Crippen LogP contribution in [-0.4, -0.2) is 10.1 Å². The summed E-state index contributed by atoms with van der Waals surface area (Å²) in [6, 6.07) is 14.3. The Morgan fingerprint density at radius 1 is 1.14 bits per heavy atom. The van der Waals surface area contributed by atoms with Crippen molar-refractivity contribution in [2.24, 2.45) is 0 Å². The molecule has 0 aliphatic heterocycles. The summed E-state index contributed by atoms with van der Waals surface area (Å²) in [6.45, 7) is 2.26. The lowest BCUT2D eigenvalue weighted by Gasteiger charge is -2.01. The van der Waals surface area contributed by atoms with Crippen molar-refractivity contribution in [3.8, 4) is 11.4 Å². The smallest absolute Gasteiger partial charge is 0.246 e. The van der Waals surface area contributed by atoms with Crippen LogP contribution in [0.2, 0.25) is 0 Å². The van der Waals surface area contributed by atoms with E-state index in [0.717, 1.165) is 16.8 Å². The van der Waals surface area contributed by atoms with Gasteiger partial charge in [-0.2, -0.15) is 4.98 Å². The van der Waals surface area contributed by atoms with Gasteiger partial charge in [-0.15, -0.1) is 0 Å². The largest absolute Gasteiger partial charge is 0.376 e. The normalized spacial score (nSPS) is 10.6. The zero-order valence-electron chi connectivity index (χ0n) is 11.5. The molecular formula is C16H14FN3O. The van der Waals surface area contributed by atoms with Crippen molar-refractivity contribution in [2.45, 2.75) is 13.5 Å². The zero-order valence-corrected chi connectivity index (χ0v) is 11.5. The summed E-state index contributed by atoms with van der Waals surface area (Å²) in [7, 11) is 0. The molecule has 1 aromatic heterocycles. The van der Waals surface area contributed by atoms with Crippen LogP contribution in [0.4, 0.5) is 10.1 Å². The van der Waals surface area contributed by atoms with Crippen LogP contribution in [0.15, 0.2) is 53.1 Å². The number of para-hydroxylation sites is 1. The predicted molar refractivity (Wildman–Crippen MR) is 78.2 cm³/mol. The van der Waals surface area contributed by atoms with E-state index in [9.17, 15) is 4.39 Å². The number of nitrogens with zero attached hydrogens (tertiary/aromatic N) is 2. The average molecular weight is 283 g/mol. The predicted octanol–water partition coefficient (Wildman–Crippen LogP) is 3.80. The third-order valence-corrected chi connectivity index (χ3v) is 3.11. The second-order valence-electron chi connectivity index (χ2n) is 4.69. The van der Waals surface area contributed by atoms with Crippen molar-refractivity contribution in [1.82, 2.24) is 10.1 Å². The van der Waals surface area contributed by atoms with E-state index in [1.54, 1.807) is 6.07 Å². The third-order valence-electron chi connectivity index (χ3n) is 3.11. The van der Waals surface area contributed by atoms with Crippen molar-refractivity contribution in [2.75, 3.05) is 5.32 Å². The molecule has 0 aliphatic rings. The van der Waals surface area contributed by atoms with Crippen LogP contribution in [0.25, 0.3) is 11.4 Å². The minimum absolute atomic E-state index is 0.272. The Balaban J connectivity index is 1.74. The highest BCUT2D eigenvalue weighted by molar-refractivity contribution is 5.59. The van der Waals surface area contributed by atoms with E-state index in [1.165, 1.54) is 12.1 Å².